The number of halogens is 1. The van der Waals surface area contributed by atoms with E-state index < -0.39 is 0 Å². The first-order chi connectivity index (χ1) is 13.0. The maximum absolute atomic E-state index is 13.0. The normalized spacial score (nSPS) is 12.7. The summed E-state index contributed by atoms with van der Waals surface area (Å²) < 4.78 is 3.32. The zero-order valence-electron chi connectivity index (χ0n) is 15.1. The summed E-state index contributed by atoms with van der Waals surface area (Å²) in [6.45, 7) is 6.36. The Kier molecular flexibility index (Phi) is 6.61. The van der Waals surface area contributed by atoms with Crippen molar-refractivity contribution in [3.05, 3.63) is 64.9 Å². The Balaban J connectivity index is 2.22. The predicted molar refractivity (Wildman–Crippen MR) is 118 cm³/mol. The van der Waals surface area contributed by atoms with Gasteiger partial charge in [-0.15, -0.1) is 28.6 Å². The highest BCUT2D eigenvalue weighted by atomic mass is 35.5. The van der Waals surface area contributed by atoms with Gasteiger partial charge in [-0.3, -0.25) is 9.36 Å². The SMILES string of the molecule is CC#C/C(Sc1ccc(Cl)cc1C)=c1\s/c(=C\c2nccs2)n(CC)c1=O. The molecule has 0 bridgehead atoms. The van der Waals surface area contributed by atoms with Crippen molar-refractivity contribution in [1.29, 1.82) is 0 Å². The molecule has 0 spiro atoms. The van der Waals surface area contributed by atoms with Gasteiger partial charge in [-0.2, -0.15) is 0 Å². The molecule has 2 heterocycles. The Bertz CT molecular complexity index is 1190. The van der Waals surface area contributed by atoms with E-state index in [1.165, 1.54) is 23.1 Å². The standard InChI is InChI=1S/C20H17ClN2OS3/c1-4-6-16(26-15-8-7-14(21)11-13(15)3)19-20(24)23(5-2)18(27-19)12-17-22-9-10-25-17/h7-12H,5H2,1-3H3/b18-12-,19-16+. The Morgan fingerprint density at radius 2 is 2.26 bits per heavy atom. The summed E-state index contributed by atoms with van der Waals surface area (Å²) in [4.78, 5) is 19.1. The van der Waals surface area contributed by atoms with E-state index in [4.69, 9.17) is 11.6 Å². The molecule has 1 aromatic carbocycles. The van der Waals surface area contributed by atoms with Gasteiger partial charge in [0.05, 0.1) is 4.91 Å². The van der Waals surface area contributed by atoms with E-state index in [-0.39, 0.29) is 5.56 Å². The van der Waals surface area contributed by atoms with Crippen molar-refractivity contribution in [3.8, 4) is 11.8 Å². The van der Waals surface area contributed by atoms with Crippen LogP contribution in [0.1, 0.15) is 24.4 Å². The topological polar surface area (TPSA) is 34.9 Å². The van der Waals surface area contributed by atoms with E-state index in [1.54, 1.807) is 29.0 Å². The molecular weight excluding hydrogens is 416 g/mol. The third-order valence-corrected chi connectivity index (χ3v) is 7.13. The maximum Gasteiger partial charge on any atom is 0.270 e. The summed E-state index contributed by atoms with van der Waals surface area (Å²) in [6.07, 6.45) is 3.72. The molecule has 0 N–H and O–H groups in total. The second kappa shape index (κ2) is 8.94. The van der Waals surface area contributed by atoms with Crippen LogP contribution < -0.4 is 14.8 Å². The molecule has 138 valence electrons. The van der Waals surface area contributed by atoms with E-state index >= 15 is 0 Å². The van der Waals surface area contributed by atoms with Gasteiger partial charge >= 0.3 is 0 Å². The van der Waals surface area contributed by atoms with Crippen molar-refractivity contribution in [3.63, 3.8) is 0 Å². The van der Waals surface area contributed by atoms with Crippen LogP contribution in [0.25, 0.3) is 11.0 Å². The van der Waals surface area contributed by atoms with Gasteiger partial charge in [-0.25, -0.2) is 4.98 Å². The molecule has 0 saturated carbocycles. The lowest BCUT2D eigenvalue weighted by molar-refractivity contribution is 0.723. The molecule has 27 heavy (non-hydrogen) atoms. The number of thioether (sulfide) groups is 1. The summed E-state index contributed by atoms with van der Waals surface area (Å²) in [5.41, 5.74) is 1.05. The molecule has 3 rings (SSSR count). The monoisotopic (exact) mass is 432 g/mol. The lowest BCUT2D eigenvalue weighted by atomic mass is 10.2. The summed E-state index contributed by atoms with van der Waals surface area (Å²) in [7, 11) is 0. The molecule has 0 amide bonds. The molecule has 0 unspecified atom stereocenters. The van der Waals surface area contributed by atoms with Gasteiger partial charge in [0.2, 0.25) is 0 Å². The number of hydrogen-bond acceptors (Lipinski definition) is 5. The number of rotatable bonds is 4. The van der Waals surface area contributed by atoms with Crippen LogP contribution in [0.2, 0.25) is 5.02 Å². The van der Waals surface area contributed by atoms with Crippen molar-refractivity contribution in [2.75, 3.05) is 0 Å². The Morgan fingerprint density at radius 3 is 2.89 bits per heavy atom. The zero-order valence-corrected chi connectivity index (χ0v) is 18.3. The molecule has 3 nitrogen and oxygen atoms in total. The van der Waals surface area contributed by atoms with Gasteiger partial charge in [0.25, 0.3) is 5.56 Å². The van der Waals surface area contributed by atoms with Gasteiger partial charge in [-0.1, -0.05) is 29.3 Å². The fraction of sp³-hybridized carbons (Fsp3) is 0.200. The van der Waals surface area contributed by atoms with E-state index in [0.29, 0.717) is 16.1 Å². The Morgan fingerprint density at radius 1 is 1.44 bits per heavy atom. The van der Waals surface area contributed by atoms with Crippen LogP contribution in [-0.4, -0.2) is 9.55 Å². The summed E-state index contributed by atoms with van der Waals surface area (Å²) >= 11 is 10.6. The van der Waals surface area contributed by atoms with E-state index in [0.717, 1.165) is 25.0 Å². The van der Waals surface area contributed by atoms with Crippen LogP contribution >= 0.6 is 46.0 Å². The van der Waals surface area contributed by atoms with Crippen molar-refractivity contribution < 1.29 is 0 Å². The Hall–Kier alpha value is -1.78. The number of nitrogens with zero attached hydrogens (tertiary/aromatic N) is 2. The van der Waals surface area contributed by atoms with Crippen LogP contribution in [0, 0.1) is 18.8 Å². The third-order valence-electron chi connectivity index (χ3n) is 3.72. The second-order valence-corrected chi connectivity index (χ2v) is 8.99. The third kappa shape index (κ3) is 4.56. The van der Waals surface area contributed by atoms with Crippen molar-refractivity contribution in [2.24, 2.45) is 0 Å². The number of benzene rings is 1. The van der Waals surface area contributed by atoms with Crippen LogP contribution in [0.15, 0.2) is 39.5 Å². The Labute approximate surface area is 175 Å². The fourth-order valence-corrected chi connectivity index (χ4v) is 5.53. The van der Waals surface area contributed by atoms with E-state index in [1.807, 2.05) is 43.5 Å². The number of hydrogen-bond donors (Lipinski definition) is 0. The van der Waals surface area contributed by atoms with Crippen molar-refractivity contribution in [1.82, 2.24) is 9.55 Å². The molecule has 0 aliphatic rings. The van der Waals surface area contributed by atoms with E-state index in [2.05, 4.69) is 16.8 Å². The minimum Gasteiger partial charge on any atom is -0.299 e. The highest BCUT2D eigenvalue weighted by Crippen LogP contribution is 2.30. The first kappa shape index (κ1) is 20.0. The maximum atomic E-state index is 13.0. The van der Waals surface area contributed by atoms with E-state index in [9.17, 15) is 4.79 Å². The molecule has 0 saturated heterocycles. The molecule has 0 radical (unpaired) electrons. The molecule has 0 atom stereocenters. The number of thiazole rings is 2. The first-order valence-electron chi connectivity index (χ1n) is 8.25. The molecule has 7 heteroatoms. The van der Waals surface area contributed by atoms with Crippen LogP contribution in [0.3, 0.4) is 0 Å². The molecule has 0 fully saturated rings. The molecule has 2 aromatic heterocycles. The average Bonchev–Trinajstić information content (AvgIpc) is 3.25. The highest BCUT2D eigenvalue weighted by Gasteiger charge is 2.10. The number of aryl methyl sites for hydroxylation is 1. The van der Waals surface area contributed by atoms with Crippen molar-refractivity contribution >= 4 is 57.0 Å². The minimum absolute atomic E-state index is 0.0119. The first-order valence-corrected chi connectivity index (χ1v) is 11.1. The summed E-state index contributed by atoms with van der Waals surface area (Å²) in [6, 6.07) is 5.74. The predicted octanol–water partition coefficient (Wildman–Crippen LogP) is 4.10. The van der Waals surface area contributed by atoms with Crippen LogP contribution in [0.5, 0.6) is 0 Å². The van der Waals surface area contributed by atoms with Gasteiger partial charge in [0.15, 0.2) is 0 Å². The minimum atomic E-state index is -0.0119. The molecule has 0 aliphatic heterocycles. The van der Waals surface area contributed by atoms with Gasteiger partial charge in [0.1, 0.15) is 14.2 Å². The molecule has 0 aliphatic carbocycles. The highest BCUT2D eigenvalue weighted by molar-refractivity contribution is 8.08. The largest absolute Gasteiger partial charge is 0.299 e. The van der Waals surface area contributed by atoms with Crippen LogP contribution in [0.4, 0.5) is 0 Å². The quantitative estimate of drug-likeness (QED) is 0.460. The second-order valence-electron chi connectivity index (χ2n) is 5.55. The summed E-state index contributed by atoms with van der Waals surface area (Å²) in [5, 5.41) is 3.51. The smallest absolute Gasteiger partial charge is 0.270 e. The van der Waals surface area contributed by atoms with Gasteiger partial charge in [0, 0.05) is 34.1 Å². The average molecular weight is 433 g/mol. The molecule has 3 aromatic rings. The zero-order chi connectivity index (χ0) is 19.4. The lowest BCUT2D eigenvalue weighted by Crippen LogP contribution is -2.31. The van der Waals surface area contributed by atoms with Crippen molar-refractivity contribution in [2.45, 2.75) is 32.2 Å². The fourth-order valence-electron chi connectivity index (χ4n) is 2.47. The lowest BCUT2D eigenvalue weighted by Gasteiger charge is -2.04. The van der Waals surface area contributed by atoms with Gasteiger partial charge in [-0.05, 0) is 44.5 Å². The number of aromatic nitrogens is 2. The summed E-state index contributed by atoms with van der Waals surface area (Å²) in [5.74, 6) is 6.06. The van der Waals surface area contributed by atoms with Crippen LogP contribution in [-0.2, 0) is 6.54 Å². The van der Waals surface area contributed by atoms with Gasteiger partial charge < -0.3 is 0 Å². The molecular formula is C20H17ClN2OS3.